The number of aryl methyl sites for hydroxylation is 1. The van der Waals surface area contributed by atoms with Crippen molar-refractivity contribution in [3.05, 3.63) is 60.1 Å². The highest BCUT2D eigenvalue weighted by Gasteiger charge is 2.27. The van der Waals surface area contributed by atoms with Gasteiger partial charge in [0.25, 0.3) is 5.91 Å². The molecule has 144 valence electrons. The Kier molecular flexibility index (Phi) is 4.92. The average Bonchev–Trinajstić information content (AvgIpc) is 3.39. The number of hydrogen-bond acceptors (Lipinski definition) is 6. The van der Waals surface area contributed by atoms with Gasteiger partial charge in [0.2, 0.25) is 11.8 Å². The molecular formula is C20H20N4O4. The van der Waals surface area contributed by atoms with Crippen LogP contribution in [0, 0.1) is 6.92 Å². The summed E-state index contributed by atoms with van der Waals surface area (Å²) in [5.74, 6) is 1.23. The molecule has 4 rings (SSSR count). The van der Waals surface area contributed by atoms with E-state index in [1.165, 1.54) is 6.26 Å². The van der Waals surface area contributed by atoms with Crippen molar-refractivity contribution in [1.82, 2.24) is 19.8 Å². The molecule has 8 heteroatoms. The van der Waals surface area contributed by atoms with E-state index in [4.69, 9.17) is 8.83 Å². The van der Waals surface area contributed by atoms with Gasteiger partial charge in [-0.1, -0.05) is 0 Å². The lowest BCUT2D eigenvalue weighted by Gasteiger charge is -2.34. The minimum Gasteiger partial charge on any atom is -0.459 e. The fraction of sp³-hybridized carbons (Fsp3) is 0.300. The zero-order valence-corrected chi connectivity index (χ0v) is 15.5. The highest BCUT2D eigenvalue weighted by Crippen LogP contribution is 2.21. The smallest absolute Gasteiger partial charge is 0.289 e. The van der Waals surface area contributed by atoms with Gasteiger partial charge in [0.05, 0.1) is 23.9 Å². The SMILES string of the molecule is Cc1oc(-c2cccnc2)nc1CC(=O)N1CCN(C(=O)c2ccco2)CC1. The molecule has 0 spiro atoms. The molecule has 0 aromatic carbocycles. The monoisotopic (exact) mass is 380 g/mol. The third-order valence-electron chi connectivity index (χ3n) is 4.77. The summed E-state index contributed by atoms with van der Waals surface area (Å²) in [6.07, 6.45) is 5.00. The maximum Gasteiger partial charge on any atom is 0.289 e. The number of furan rings is 1. The Labute approximate surface area is 161 Å². The summed E-state index contributed by atoms with van der Waals surface area (Å²) in [7, 11) is 0. The molecule has 0 saturated carbocycles. The number of aromatic nitrogens is 2. The van der Waals surface area contributed by atoms with E-state index in [0.717, 1.165) is 5.56 Å². The van der Waals surface area contributed by atoms with E-state index < -0.39 is 0 Å². The standard InChI is InChI=1S/C20H20N4O4/c1-14-16(22-19(28-14)15-4-2-6-21-13-15)12-18(25)23-7-9-24(10-8-23)20(26)17-5-3-11-27-17/h2-6,11,13H,7-10,12H2,1H3. The molecule has 0 atom stereocenters. The Balaban J connectivity index is 1.36. The second kappa shape index (κ2) is 7.67. The number of carbonyl (C=O) groups excluding carboxylic acids is 2. The molecule has 1 aliphatic heterocycles. The molecule has 0 N–H and O–H groups in total. The van der Waals surface area contributed by atoms with Crippen LogP contribution in [0.4, 0.5) is 0 Å². The lowest BCUT2D eigenvalue weighted by atomic mass is 10.2. The van der Waals surface area contributed by atoms with Crippen molar-refractivity contribution in [3.8, 4) is 11.5 Å². The van der Waals surface area contributed by atoms with Gasteiger partial charge in [0.15, 0.2) is 5.76 Å². The summed E-state index contributed by atoms with van der Waals surface area (Å²) in [5, 5.41) is 0. The van der Waals surface area contributed by atoms with E-state index in [1.54, 1.807) is 41.2 Å². The molecule has 2 amide bonds. The van der Waals surface area contributed by atoms with Gasteiger partial charge in [-0.3, -0.25) is 14.6 Å². The van der Waals surface area contributed by atoms with Crippen molar-refractivity contribution >= 4 is 11.8 Å². The van der Waals surface area contributed by atoms with Gasteiger partial charge in [-0.2, -0.15) is 0 Å². The summed E-state index contributed by atoms with van der Waals surface area (Å²) >= 11 is 0. The Bertz CT molecular complexity index is 958. The molecule has 1 aliphatic rings. The molecule has 1 fully saturated rings. The third kappa shape index (κ3) is 3.66. The number of nitrogens with zero attached hydrogens (tertiary/aromatic N) is 4. The molecule has 0 radical (unpaired) electrons. The minimum atomic E-state index is -0.148. The summed E-state index contributed by atoms with van der Waals surface area (Å²) in [5.41, 5.74) is 1.40. The second-order valence-corrected chi connectivity index (χ2v) is 6.59. The van der Waals surface area contributed by atoms with Crippen LogP contribution in [0.3, 0.4) is 0 Å². The summed E-state index contributed by atoms with van der Waals surface area (Å²) in [6, 6.07) is 7.00. The highest BCUT2D eigenvalue weighted by atomic mass is 16.4. The normalized spacial score (nSPS) is 14.3. The largest absolute Gasteiger partial charge is 0.459 e. The molecule has 28 heavy (non-hydrogen) atoms. The van der Waals surface area contributed by atoms with Gasteiger partial charge in [-0.15, -0.1) is 0 Å². The first kappa shape index (κ1) is 18.0. The lowest BCUT2D eigenvalue weighted by Crippen LogP contribution is -2.51. The number of rotatable bonds is 4. The zero-order chi connectivity index (χ0) is 19.5. The number of oxazole rings is 1. The van der Waals surface area contributed by atoms with Crippen molar-refractivity contribution in [2.75, 3.05) is 26.2 Å². The molecule has 3 aromatic heterocycles. The number of piperazine rings is 1. The third-order valence-corrected chi connectivity index (χ3v) is 4.77. The molecule has 0 unspecified atom stereocenters. The average molecular weight is 380 g/mol. The van der Waals surface area contributed by atoms with Crippen LogP contribution >= 0.6 is 0 Å². The van der Waals surface area contributed by atoms with Crippen LogP contribution < -0.4 is 0 Å². The van der Waals surface area contributed by atoms with Gasteiger partial charge < -0.3 is 18.6 Å². The van der Waals surface area contributed by atoms with Gasteiger partial charge in [0.1, 0.15) is 5.76 Å². The number of amides is 2. The Morgan fingerprint density at radius 3 is 2.57 bits per heavy atom. The Hall–Kier alpha value is -3.42. The number of carbonyl (C=O) groups is 2. The van der Waals surface area contributed by atoms with Gasteiger partial charge >= 0.3 is 0 Å². The maximum absolute atomic E-state index is 12.7. The van der Waals surface area contributed by atoms with Crippen molar-refractivity contribution < 1.29 is 18.4 Å². The molecule has 4 heterocycles. The van der Waals surface area contributed by atoms with E-state index in [1.807, 2.05) is 12.1 Å². The topological polar surface area (TPSA) is 92.7 Å². The summed E-state index contributed by atoms with van der Waals surface area (Å²) < 4.78 is 10.9. The first-order valence-corrected chi connectivity index (χ1v) is 9.09. The number of pyridine rings is 1. The molecule has 1 saturated heterocycles. The van der Waals surface area contributed by atoms with Crippen molar-refractivity contribution in [2.45, 2.75) is 13.3 Å². The van der Waals surface area contributed by atoms with Crippen LogP contribution in [0.2, 0.25) is 0 Å². The van der Waals surface area contributed by atoms with Crippen LogP contribution in [0.1, 0.15) is 22.0 Å². The van der Waals surface area contributed by atoms with Crippen LogP contribution in [0.25, 0.3) is 11.5 Å². The summed E-state index contributed by atoms with van der Waals surface area (Å²) in [4.78, 5) is 37.0. The molecule has 3 aromatic rings. The van der Waals surface area contributed by atoms with E-state index in [-0.39, 0.29) is 18.2 Å². The van der Waals surface area contributed by atoms with Crippen LogP contribution in [-0.2, 0) is 11.2 Å². The van der Waals surface area contributed by atoms with E-state index in [9.17, 15) is 9.59 Å². The summed E-state index contributed by atoms with van der Waals surface area (Å²) in [6.45, 7) is 3.72. The van der Waals surface area contributed by atoms with Crippen molar-refractivity contribution in [3.63, 3.8) is 0 Å². The molecule has 0 bridgehead atoms. The lowest BCUT2D eigenvalue weighted by molar-refractivity contribution is -0.132. The van der Waals surface area contributed by atoms with E-state index in [2.05, 4.69) is 9.97 Å². The second-order valence-electron chi connectivity index (χ2n) is 6.59. The fourth-order valence-electron chi connectivity index (χ4n) is 3.17. The maximum atomic E-state index is 12.7. The fourth-order valence-corrected chi connectivity index (χ4v) is 3.17. The first-order valence-electron chi connectivity index (χ1n) is 9.09. The van der Waals surface area contributed by atoms with E-state index >= 15 is 0 Å². The minimum absolute atomic E-state index is 0.0285. The molecular weight excluding hydrogens is 360 g/mol. The molecule has 0 aliphatic carbocycles. The predicted molar refractivity (Wildman–Crippen MR) is 99.4 cm³/mol. The molecule has 8 nitrogen and oxygen atoms in total. The Morgan fingerprint density at radius 1 is 1.11 bits per heavy atom. The van der Waals surface area contributed by atoms with Crippen molar-refractivity contribution in [2.24, 2.45) is 0 Å². The van der Waals surface area contributed by atoms with Crippen LogP contribution in [0.15, 0.2) is 51.8 Å². The number of hydrogen-bond donors (Lipinski definition) is 0. The Morgan fingerprint density at radius 2 is 1.89 bits per heavy atom. The van der Waals surface area contributed by atoms with Crippen molar-refractivity contribution in [1.29, 1.82) is 0 Å². The van der Waals surface area contributed by atoms with E-state index in [0.29, 0.717) is 49.3 Å². The zero-order valence-electron chi connectivity index (χ0n) is 15.5. The van der Waals surface area contributed by atoms with Gasteiger partial charge in [-0.05, 0) is 31.2 Å². The van der Waals surface area contributed by atoms with Gasteiger partial charge in [-0.25, -0.2) is 4.98 Å². The quantitative estimate of drug-likeness (QED) is 0.689. The van der Waals surface area contributed by atoms with Gasteiger partial charge in [0, 0.05) is 38.6 Å². The van der Waals surface area contributed by atoms with Crippen LogP contribution in [0.5, 0.6) is 0 Å². The predicted octanol–water partition coefficient (Wildman–Crippen LogP) is 2.17. The highest BCUT2D eigenvalue weighted by molar-refractivity contribution is 5.91. The van der Waals surface area contributed by atoms with Crippen LogP contribution in [-0.4, -0.2) is 57.8 Å². The first-order chi connectivity index (χ1) is 13.6.